The van der Waals surface area contributed by atoms with Crippen molar-refractivity contribution in [1.29, 1.82) is 0 Å². The van der Waals surface area contributed by atoms with E-state index in [0.717, 1.165) is 11.3 Å². The Morgan fingerprint density at radius 3 is 2.61 bits per heavy atom. The molecule has 7 nitrogen and oxygen atoms in total. The van der Waals surface area contributed by atoms with E-state index in [1.807, 2.05) is 24.3 Å². The zero-order chi connectivity index (χ0) is 20.1. The molecule has 1 amide bonds. The summed E-state index contributed by atoms with van der Waals surface area (Å²) in [6.07, 6.45) is 0. The predicted octanol–water partition coefficient (Wildman–Crippen LogP) is 2.64. The van der Waals surface area contributed by atoms with E-state index in [9.17, 15) is 9.59 Å². The normalized spacial score (nSPS) is 10.8. The van der Waals surface area contributed by atoms with Gasteiger partial charge in [0.15, 0.2) is 4.77 Å². The van der Waals surface area contributed by atoms with Gasteiger partial charge in [-0.15, -0.1) is 0 Å². The molecule has 0 aliphatic heterocycles. The number of ether oxygens (including phenoxy) is 2. The van der Waals surface area contributed by atoms with Gasteiger partial charge in [-0.2, -0.15) is 0 Å². The van der Waals surface area contributed by atoms with E-state index in [0.29, 0.717) is 40.9 Å². The van der Waals surface area contributed by atoms with Crippen LogP contribution < -0.4 is 15.6 Å². The summed E-state index contributed by atoms with van der Waals surface area (Å²) in [6, 6.07) is 12.4. The number of amides is 1. The number of H-pyrrole nitrogens is 1. The van der Waals surface area contributed by atoms with Crippen LogP contribution in [0.2, 0.25) is 0 Å². The number of hydrogen-bond acceptors (Lipinski definition) is 5. The highest BCUT2D eigenvalue weighted by Gasteiger charge is 2.10. The van der Waals surface area contributed by atoms with Gasteiger partial charge in [0.2, 0.25) is 0 Å². The van der Waals surface area contributed by atoms with Gasteiger partial charge in [0.1, 0.15) is 5.75 Å². The highest BCUT2D eigenvalue weighted by molar-refractivity contribution is 7.71. The zero-order valence-corrected chi connectivity index (χ0v) is 16.5. The molecule has 28 heavy (non-hydrogen) atoms. The fraction of sp³-hybridized carbons (Fsp3) is 0.250. The lowest BCUT2D eigenvalue weighted by molar-refractivity contribution is 0.0951. The molecule has 1 aromatic heterocycles. The smallest absolute Gasteiger partial charge is 0.262 e. The molecule has 0 aliphatic rings. The summed E-state index contributed by atoms with van der Waals surface area (Å²) >= 11 is 5.27. The molecule has 0 bridgehead atoms. The van der Waals surface area contributed by atoms with Gasteiger partial charge in [0.05, 0.1) is 31.2 Å². The lowest BCUT2D eigenvalue weighted by atomic mass is 10.1. The molecular weight excluding hydrogens is 378 g/mol. The second kappa shape index (κ2) is 8.81. The van der Waals surface area contributed by atoms with E-state index in [-0.39, 0.29) is 11.5 Å². The number of hydrogen-bond donors (Lipinski definition) is 2. The Kier molecular flexibility index (Phi) is 6.23. The number of nitrogens with one attached hydrogen (secondary N) is 2. The average molecular weight is 399 g/mol. The third kappa shape index (κ3) is 4.29. The van der Waals surface area contributed by atoms with Crippen LogP contribution in [0.4, 0.5) is 0 Å². The molecule has 0 radical (unpaired) electrons. The highest BCUT2D eigenvalue weighted by atomic mass is 32.1. The monoisotopic (exact) mass is 399 g/mol. The maximum absolute atomic E-state index is 12.6. The topological polar surface area (TPSA) is 85.3 Å². The summed E-state index contributed by atoms with van der Waals surface area (Å²) in [4.78, 5) is 28.1. The number of methoxy groups -OCH3 is 2. The first-order valence-electron chi connectivity index (χ1n) is 8.70. The molecule has 0 saturated heterocycles. The molecule has 0 unspecified atom stereocenters. The fourth-order valence-electron chi connectivity index (χ4n) is 2.81. The van der Waals surface area contributed by atoms with Gasteiger partial charge in [0, 0.05) is 19.2 Å². The molecule has 8 heteroatoms. The number of benzene rings is 2. The molecule has 3 aromatic rings. The van der Waals surface area contributed by atoms with Gasteiger partial charge in [-0.1, -0.05) is 12.1 Å². The van der Waals surface area contributed by atoms with Crippen molar-refractivity contribution in [2.75, 3.05) is 20.8 Å². The van der Waals surface area contributed by atoms with E-state index in [1.54, 1.807) is 32.4 Å². The van der Waals surface area contributed by atoms with Crippen molar-refractivity contribution in [2.45, 2.75) is 13.1 Å². The molecule has 2 aromatic carbocycles. The van der Waals surface area contributed by atoms with Crippen LogP contribution in [0, 0.1) is 4.77 Å². The van der Waals surface area contributed by atoms with Crippen molar-refractivity contribution in [3.63, 3.8) is 0 Å². The second-order valence-corrected chi connectivity index (χ2v) is 6.56. The van der Waals surface area contributed by atoms with Gasteiger partial charge >= 0.3 is 0 Å². The number of rotatable bonds is 7. The van der Waals surface area contributed by atoms with Crippen LogP contribution in [0.5, 0.6) is 5.75 Å². The standard InChI is InChI=1S/C20H21N3O4S/c1-26-10-9-23-19(25)16-8-5-14(11-17(16)22-20(23)28)18(24)21-12-13-3-6-15(27-2)7-4-13/h3-8,11H,9-10,12H2,1-2H3,(H,21,24)(H,22,28). The first kappa shape index (κ1) is 19.8. The van der Waals surface area contributed by atoms with E-state index >= 15 is 0 Å². The maximum atomic E-state index is 12.6. The van der Waals surface area contributed by atoms with Gasteiger partial charge < -0.3 is 19.8 Å². The van der Waals surface area contributed by atoms with Crippen molar-refractivity contribution in [3.05, 3.63) is 68.7 Å². The minimum atomic E-state index is -0.236. The van der Waals surface area contributed by atoms with Gasteiger partial charge in [-0.25, -0.2) is 0 Å². The molecule has 0 fully saturated rings. The summed E-state index contributed by atoms with van der Waals surface area (Å²) in [7, 11) is 3.17. The van der Waals surface area contributed by atoms with Crippen LogP contribution in [0.25, 0.3) is 10.9 Å². The van der Waals surface area contributed by atoms with Crippen LogP contribution in [0.3, 0.4) is 0 Å². The zero-order valence-electron chi connectivity index (χ0n) is 15.7. The Bertz CT molecular complexity index is 1100. The van der Waals surface area contributed by atoms with Crippen LogP contribution in [0.15, 0.2) is 47.3 Å². The van der Waals surface area contributed by atoms with E-state index in [4.69, 9.17) is 21.7 Å². The number of carbonyl (C=O) groups is 1. The summed E-state index contributed by atoms with van der Waals surface area (Å²) in [5.74, 6) is 0.525. The SMILES string of the molecule is COCCn1c(=S)[nH]c2cc(C(=O)NCc3ccc(OC)cc3)ccc2c1=O. The Labute approximate surface area is 166 Å². The lowest BCUT2D eigenvalue weighted by Crippen LogP contribution is -2.25. The Hall–Kier alpha value is -2.97. The molecule has 2 N–H and O–H groups in total. The Morgan fingerprint density at radius 2 is 1.93 bits per heavy atom. The number of aromatic nitrogens is 2. The molecule has 0 spiro atoms. The molecule has 1 heterocycles. The molecule has 0 atom stereocenters. The summed E-state index contributed by atoms with van der Waals surface area (Å²) in [5.41, 5.74) is 1.72. The second-order valence-electron chi connectivity index (χ2n) is 6.17. The van der Waals surface area contributed by atoms with Gasteiger partial charge in [0.25, 0.3) is 11.5 Å². The number of fused-ring (bicyclic) bond motifs is 1. The van der Waals surface area contributed by atoms with Crippen LogP contribution in [0.1, 0.15) is 15.9 Å². The van der Waals surface area contributed by atoms with Crippen molar-refractivity contribution in [2.24, 2.45) is 0 Å². The van der Waals surface area contributed by atoms with E-state index < -0.39 is 0 Å². The third-order valence-electron chi connectivity index (χ3n) is 4.38. The molecule has 0 saturated carbocycles. The highest BCUT2D eigenvalue weighted by Crippen LogP contribution is 2.13. The number of aromatic amines is 1. The lowest BCUT2D eigenvalue weighted by Gasteiger charge is -2.09. The minimum absolute atomic E-state index is 0.207. The first-order valence-corrected chi connectivity index (χ1v) is 9.11. The number of carbonyl (C=O) groups excluding carboxylic acids is 1. The maximum Gasteiger partial charge on any atom is 0.262 e. The summed E-state index contributed by atoms with van der Waals surface area (Å²) in [6.45, 7) is 1.13. The summed E-state index contributed by atoms with van der Waals surface area (Å²) in [5, 5.41) is 3.34. The molecule has 146 valence electrons. The van der Waals surface area contributed by atoms with Crippen LogP contribution in [-0.4, -0.2) is 36.3 Å². The Balaban J connectivity index is 1.80. The molecular formula is C20H21N3O4S. The molecule has 3 rings (SSSR count). The molecule has 0 aliphatic carbocycles. The predicted molar refractivity (Wildman–Crippen MR) is 109 cm³/mol. The van der Waals surface area contributed by atoms with Crippen molar-refractivity contribution in [1.82, 2.24) is 14.9 Å². The van der Waals surface area contributed by atoms with Crippen molar-refractivity contribution in [3.8, 4) is 5.75 Å². The van der Waals surface area contributed by atoms with Gasteiger partial charge in [-0.3, -0.25) is 14.2 Å². The quantitative estimate of drug-likeness (QED) is 0.597. The Morgan fingerprint density at radius 1 is 1.18 bits per heavy atom. The number of nitrogens with zero attached hydrogens (tertiary/aromatic N) is 1. The average Bonchev–Trinajstić information content (AvgIpc) is 2.71. The first-order chi connectivity index (χ1) is 13.5. The minimum Gasteiger partial charge on any atom is -0.497 e. The van der Waals surface area contributed by atoms with Crippen LogP contribution in [-0.2, 0) is 17.8 Å². The van der Waals surface area contributed by atoms with Gasteiger partial charge in [-0.05, 0) is 48.1 Å². The van der Waals surface area contributed by atoms with E-state index in [2.05, 4.69) is 10.3 Å². The van der Waals surface area contributed by atoms with Crippen LogP contribution >= 0.6 is 12.2 Å². The van der Waals surface area contributed by atoms with Crippen molar-refractivity contribution >= 4 is 29.0 Å². The van der Waals surface area contributed by atoms with Crippen molar-refractivity contribution < 1.29 is 14.3 Å². The summed E-state index contributed by atoms with van der Waals surface area (Å²) < 4.78 is 11.9. The van der Waals surface area contributed by atoms with E-state index in [1.165, 1.54) is 4.57 Å². The largest absolute Gasteiger partial charge is 0.497 e. The third-order valence-corrected chi connectivity index (χ3v) is 4.70. The fourth-order valence-corrected chi connectivity index (χ4v) is 3.09.